The Bertz CT molecular complexity index is 726. The number of nitrogens with zero attached hydrogens (tertiary/aromatic N) is 3. The molecule has 23 heavy (non-hydrogen) atoms. The molecule has 1 amide bonds. The maximum Gasteiger partial charge on any atom is 0.305 e. The second-order valence-electron chi connectivity index (χ2n) is 4.54. The third kappa shape index (κ3) is 5.10. The van der Waals surface area contributed by atoms with Crippen LogP contribution in [0.2, 0.25) is 0 Å². The predicted molar refractivity (Wildman–Crippen MR) is 93.0 cm³/mol. The van der Waals surface area contributed by atoms with Crippen molar-refractivity contribution in [2.45, 2.75) is 13.3 Å². The van der Waals surface area contributed by atoms with Crippen molar-refractivity contribution in [1.82, 2.24) is 9.78 Å². The molecular weight excluding hydrogens is 310 g/mol. The first kappa shape index (κ1) is 17.0. The first-order valence-corrected chi connectivity index (χ1v) is 8.33. The summed E-state index contributed by atoms with van der Waals surface area (Å²) in [7, 11) is 0. The fourth-order valence-electron chi connectivity index (χ4n) is 1.84. The molecule has 0 atom stereocenters. The topological polar surface area (TPSA) is 56.5 Å². The van der Waals surface area contributed by atoms with Gasteiger partial charge >= 0.3 is 5.24 Å². The lowest BCUT2D eigenvalue weighted by Gasteiger charge is -2.11. The van der Waals surface area contributed by atoms with E-state index >= 15 is 0 Å². The zero-order valence-electron chi connectivity index (χ0n) is 13.0. The second-order valence-corrected chi connectivity index (χ2v) is 5.58. The average molecular weight is 329 g/mol. The van der Waals surface area contributed by atoms with Crippen LogP contribution in [-0.4, -0.2) is 27.4 Å². The van der Waals surface area contributed by atoms with E-state index in [0.717, 1.165) is 23.9 Å². The lowest BCUT2D eigenvalue weighted by Crippen LogP contribution is -2.14. The summed E-state index contributed by atoms with van der Waals surface area (Å²) in [4.78, 5) is 15.8. The van der Waals surface area contributed by atoms with Crippen LogP contribution in [0.3, 0.4) is 0 Å². The van der Waals surface area contributed by atoms with Crippen LogP contribution < -0.4 is 10.1 Å². The number of aromatic nitrogens is 2. The quantitative estimate of drug-likeness (QED) is 0.600. The van der Waals surface area contributed by atoms with Gasteiger partial charge in [-0.3, -0.25) is 4.79 Å². The van der Waals surface area contributed by atoms with Crippen molar-refractivity contribution in [3.63, 3.8) is 0 Å². The predicted octanol–water partition coefficient (Wildman–Crippen LogP) is 3.60. The maximum atomic E-state index is 11.8. The Kier molecular flexibility index (Phi) is 6.62. The number of carbonyl (C=O) groups excluding carboxylic acids is 1. The van der Waals surface area contributed by atoms with E-state index in [1.165, 1.54) is 0 Å². The molecule has 2 aromatic rings. The first-order chi connectivity index (χ1) is 11.2. The molecule has 5 nitrogen and oxygen atoms in total. The molecule has 0 fully saturated rings. The molecule has 0 saturated heterocycles. The van der Waals surface area contributed by atoms with Gasteiger partial charge in [0.25, 0.3) is 0 Å². The molecular formula is C17H19N3O2S. The summed E-state index contributed by atoms with van der Waals surface area (Å²) in [6.07, 6.45) is 4.11. The number of rotatable bonds is 6. The van der Waals surface area contributed by atoms with Crippen LogP contribution in [0.25, 0.3) is 5.69 Å². The summed E-state index contributed by atoms with van der Waals surface area (Å²) in [5, 5.41) is 4.58. The SMILES string of the molecule is C=CCCSC(=O)N=c1cnn(-c2ccccc2)c(OCC)c1. The van der Waals surface area contributed by atoms with Crippen LogP contribution in [0.5, 0.6) is 5.88 Å². The van der Waals surface area contributed by atoms with Gasteiger partial charge in [-0.2, -0.15) is 5.10 Å². The number of benzene rings is 1. The number of hydrogen-bond donors (Lipinski definition) is 0. The van der Waals surface area contributed by atoms with Crippen LogP contribution in [-0.2, 0) is 0 Å². The Hall–Kier alpha value is -2.34. The van der Waals surface area contributed by atoms with Crippen molar-refractivity contribution in [2.24, 2.45) is 4.99 Å². The number of amides is 1. The van der Waals surface area contributed by atoms with Gasteiger partial charge < -0.3 is 4.74 Å². The third-order valence-corrected chi connectivity index (χ3v) is 3.62. The highest BCUT2D eigenvalue weighted by Crippen LogP contribution is 2.14. The average Bonchev–Trinajstić information content (AvgIpc) is 2.56. The molecule has 1 aromatic heterocycles. The molecule has 0 N–H and O–H groups in total. The van der Waals surface area contributed by atoms with Crippen LogP contribution in [0.15, 0.2) is 60.2 Å². The Balaban J connectivity index is 2.28. The summed E-state index contributed by atoms with van der Waals surface area (Å²) in [5.74, 6) is 1.22. The van der Waals surface area contributed by atoms with E-state index in [1.807, 2.05) is 37.3 Å². The Labute approximate surface area is 139 Å². The Morgan fingerprint density at radius 2 is 2.22 bits per heavy atom. The van der Waals surface area contributed by atoms with Gasteiger partial charge in [0.05, 0.1) is 23.8 Å². The normalized spacial score (nSPS) is 11.3. The maximum absolute atomic E-state index is 11.8. The van der Waals surface area contributed by atoms with Gasteiger partial charge in [0.1, 0.15) is 0 Å². The van der Waals surface area contributed by atoms with Crippen molar-refractivity contribution in [3.8, 4) is 11.6 Å². The molecule has 2 rings (SSSR count). The molecule has 1 aromatic carbocycles. The number of carbonyl (C=O) groups is 1. The fraction of sp³-hybridized carbons (Fsp3) is 0.235. The number of ether oxygens (including phenoxy) is 1. The van der Waals surface area contributed by atoms with Crippen molar-refractivity contribution in [3.05, 3.63) is 60.6 Å². The Morgan fingerprint density at radius 3 is 2.91 bits per heavy atom. The number of para-hydroxylation sites is 1. The highest BCUT2D eigenvalue weighted by molar-refractivity contribution is 8.13. The first-order valence-electron chi connectivity index (χ1n) is 7.34. The Morgan fingerprint density at radius 1 is 1.43 bits per heavy atom. The molecule has 120 valence electrons. The third-order valence-electron chi connectivity index (χ3n) is 2.85. The van der Waals surface area contributed by atoms with E-state index in [2.05, 4.69) is 16.7 Å². The molecule has 0 aliphatic rings. The highest BCUT2D eigenvalue weighted by atomic mass is 32.2. The molecule has 0 radical (unpaired) electrons. The molecule has 0 saturated carbocycles. The zero-order valence-corrected chi connectivity index (χ0v) is 13.8. The lowest BCUT2D eigenvalue weighted by molar-refractivity contribution is 0.267. The largest absolute Gasteiger partial charge is 0.478 e. The minimum absolute atomic E-state index is 0.242. The number of thioether (sulfide) groups is 1. The zero-order chi connectivity index (χ0) is 16.5. The summed E-state index contributed by atoms with van der Waals surface area (Å²) >= 11 is 1.16. The monoisotopic (exact) mass is 329 g/mol. The van der Waals surface area contributed by atoms with Gasteiger partial charge in [-0.15, -0.1) is 6.58 Å². The molecule has 0 unspecified atom stereocenters. The van der Waals surface area contributed by atoms with E-state index in [9.17, 15) is 4.79 Å². The van der Waals surface area contributed by atoms with E-state index in [1.54, 1.807) is 23.0 Å². The summed E-state index contributed by atoms with van der Waals surface area (Å²) in [6, 6.07) is 11.4. The van der Waals surface area contributed by atoms with Crippen LogP contribution in [0.4, 0.5) is 4.79 Å². The summed E-state index contributed by atoms with van der Waals surface area (Å²) < 4.78 is 7.30. The molecule has 0 aliphatic carbocycles. The van der Waals surface area contributed by atoms with Gasteiger partial charge in [0.15, 0.2) is 0 Å². The summed E-state index contributed by atoms with van der Waals surface area (Å²) in [5.41, 5.74) is 0.884. The standard InChI is InChI=1S/C17H19N3O2S/c1-3-5-11-23-17(21)19-14-12-16(22-4-2)20(18-13-14)15-9-7-6-8-10-15/h3,6-10,12-13H,1,4-5,11H2,2H3. The highest BCUT2D eigenvalue weighted by Gasteiger charge is 2.06. The molecule has 0 aliphatic heterocycles. The van der Waals surface area contributed by atoms with Gasteiger partial charge in [-0.05, 0) is 25.5 Å². The van der Waals surface area contributed by atoms with E-state index < -0.39 is 0 Å². The van der Waals surface area contributed by atoms with Gasteiger partial charge in [0.2, 0.25) is 5.88 Å². The van der Waals surface area contributed by atoms with Crippen molar-refractivity contribution < 1.29 is 9.53 Å². The van der Waals surface area contributed by atoms with Crippen LogP contribution in [0, 0.1) is 0 Å². The van der Waals surface area contributed by atoms with E-state index in [0.29, 0.717) is 23.6 Å². The van der Waals surface area contributed by atoms with E-state index in [4.69, 9.17) is 4.74 Å². The van der Waals surface area contributed by atoms with Crippen LogP contribution >= 0.6 is 11.8 Å². The molecule has 0 bridgehead atoms. The minimum atomic E-state index is -0.242. The fourth-order valence-corrected chi connectivity index (χ4v) is 2.47. The van der Waals surface area contributed by atoms with Crippen molar-refractivity contribution >= 4 is 17.0 Å². The second kappa shape index (κ2) is 8.95. The van der Waals surface area contributed by atoms with Gasteiger partial charge in [-0.1, -0.05) is 36.0 Å². The van der Waals surface area contributed by atoms with Gasteiger partial charge in [-0.25, -0.2) is 9.67 Å². The van der Waals surface area contributed by atoms with Gasteiger partial charge in [0, 0.05) is 11.8 Å². The molecule has 0 spiro atoms. The van der Waals surface area contributed by atoms with Crippen LogP contribution in [0.1, 0.15) is 13.3 Å². The summed E-state index contributed by atoms with van der Waals surface area (Å²) in [6.45, 7) is 6.03. The minimum Gasteiger partial charge on any atom is -0.478 e. The number of allylic oxidation sites excluding steroid dienone is 1. The molecule has 1 heterocycles. The van der Waals surface area contributed by atoms with E-state index in [-0.39, 0.29) is 5.24 Å². The molecule has 6 heteroatoms. The number of hydrogen-bond acceptors (Lipinski definition) is 4. The lowest BCUT2D eigenvalue weighted by atomic mass is 10.3. The smallest absolute Gasteiger partial charge is 0.305 e. The van der Waals surface area contributed by atoms with Crippen molar-refractivity contribution in [1.29, 1.82) is 0 Å². The van der Waals surface area contributed by atoms with Crippen molar-refractivity contribution in [2.75, 3.05) is 12.4 Å².